The van der Waals surface area contributed by atoms with E-state index < -0.39 is 30.7 Å². The quantitative estimate of drug-likeness (QED) is 0.603. The average Bonchev–Trinajstić information content (AvgIpc) is 1.98. The summed E-state index contributed by atoms with van der Waals surface area (Å²) in [4.78, 5) is 0. The van der Waals surface area contributed by atoms with Gasteiger partial charge in [-0.2, -0.15) is 26.3 Å². The van der Waals surface area contributed by atoms with Gasteiger partial charge in [0.1, 0.15) is 0 Å². The molecule has 0 fully saturated rings. The second-order valence-corrected chi connectivity index (χ2v) is 3.36. The van der Waals surface area contributed by atoms with Crippen molar-refractivity contribution in [1.29, 1.82) is 0 Å². The molecule has 0 heterocycles. The van der Waals surface area contributed by atoms with Gasteiger partial charge in [0.05, 0.1) is 0 Å². The highest BCUT2D eigenvalue weighted by Crippen LogP contribution is 2.41. The topological polar surface area (TPSA) is 35.2 Å². The summed E-state index contributed by atoms with van der Waals surface area (Å²) in [6, 6.07) is -1.99. The van der Waals surface area contributed by atoms with Crippen molar-refractivity contribution in [1.82, 2.24) is 0 Å². The van der Waals surface area contributed by atoms with Crippen LogP contribution in [-0.4, -0.2) is 32.1 Å². The Labute approximate surface area is 88.7 Å². The van der Waals surface area contributed by atoms with Crippen molar-refractivity contribution in [2.45, 2.75) is 31.2 Å². The minimum atomic E-state index is -5.37. The van der Waals surface area contributed by atoms with E-state index in [9.17, 15) is 26.3 Å². The van der Waals surface area contributed by atoms with Crippen LogP contribution in [0.2, 0.25) is 0 Å². The van der Waals surface area contributed by atoms with Gasteiger partial charge in [0.25, 0.3) is 0 Å². The Kier molecular flexibility index (Phi) is 5.54. The Hall–Kier alpha value is -0.500. The highest BCUT2D eigenvalue weighted by atomic mass is 19.4. The first-order valence-electron chi connectivity index (χ1n) is 4.48. The molecule has 0 aliphatic carbocycles. The molecule has 0 rings (SSSR count). The molecule has 8 heteroatoms. The Morgan fingerprint density at radius 3 is 1.81 bits per heavy atom. The van der Waals surface area contributed by atoms with Gasteiger partial charge in [-0.25, -0.2) is 0 Å². The van der Waals surface area contributed by atoms with E-state index in [1.54, 1.807) is 0 Å². The van der Waals surface area contributed by atoms with Gasteiger partial charge >= 0.3 is 12.4 Å². The molecule has 16 heavy (non-hydrogen) atoms. The molecule has 0 bridgehead atoms. The standard InChI is InChI=1S/C8H13F6NO/c1-16-4-2-3-5(15)6(7(9,10)11)8(12,13)14/h5-6H,2-4,15H2,1H3. The Morgan fingerprint density at radius 1 is 1.06 bits per heavy atom. The van der Waals surface area contributed by atoms with Crippen molar-refractivity contribution in [2.75, 3.05) is 13.7 Å². The number of nitrogens with two attached hydrogens (primary N) is 1. The minimum absolute atomic E-state index is 0.0559. The van der Waals surface area contributed by atoms with Crippen LogP contribution in [0.15, 0.2) is 0 Å². The zero-order valence-electron chi connectivity index (χ0n) is 8.53. The molecule has 0 spiro atoms. The SMILES string of the molecule is COCCCC(N)C(C(F)(F)F)C(F)(F)F. The van der Waals surface area contributed by atoms with Gasteiger partial charge in [-0.05, 0) is 12.8 Å². The summed E-state index contributed by atoms with van der Waals surface area (Å²) in [5.41, 5.74) is 4.94. The molecule has 98 valence electrons. The third-order valence-electron chi connectivity index (χ3n) is 2.02. The van der Waals surface area contributed by atoms with Crippen molar-refractivity contribution in [3.05, 3.63) is 0 Å². The monoisotopic (exact) mass is 253 g/mol. The molecule has 0 saturated carbocycles. The zero-order valence-corrected chi connectivity index (χ0v) is 8.53. The van der Waals surface area contributed by atoms with Gasteiger partial charge in [-0.3, -0.25) is 0 Å². The first-order chi connectivity index (χ1) is 7.10. The van der Waals surface area contributed by atoms with Crippen LogP contribution in [0.4, 0.5) is 26.3 Å². The van der Waals surface area contributed by atoms with Gasteiger partial charge < -0.3 is 10.5 Å². The first-order valence-corrected chi connectivity index (χ1v) is 4.48. The maximum atomic E-state index is 12.1. The molecular weight excluding hydrogens is 240 g/mol. The van der Waals surface area contributed by atoms with Crippen molar-refractivity contribution >= 4 is 0 Å². The van der Waals surface area contributed by atoms with E-state index >= 15 is 0 Å². The molecule has 1 unspecified atom stereocenters. The van der Waals surface area contributed by atoms with Crippen LogP contribution in [0.25, 0.3) is 0 Å². The third kappa shape index (κ3) is 5.02. The van der Waals surface area contributed by atoms with Gasteiger partial charge in [-0.1, -0.05) is 0 Å². The van der Waals surface area contributed by atoms with Crippen LogP contribution in [0, 0.1) is 5.92 Å². The Bertz CT molecular complexity index is 188. The third-order valence-corrected chi connectivity index (χ3v) is 2.02. The van der Waals surface area contributed by atoms with E-state index in [-0.39, 0.29) is 13.0 Å². The molecule has 0 amide bonds. The van der Waals surface area contributed by atoms with Crippen LogP contribution < -0.4 is 5.73 Å². The van der Waals surface area contributed by atoms with Crippen LogP contribution >= 0.6 is 0 Å². The molecule has 0 aromatic carbocycles. The smallest absolute Gasteiger partial charge is 0.385 e. The van der Waals surface area contributed by atoms with E-state index in [1.807, 2.05) is 0 Å². The molecule has 2 nitrogen and oxygen atoms in total. The highest BCUT2D eigenvalue weighted by Gasteiger charge is 2.59. The summed E-state index contributed by atoms with van der Waals surface area (Å²) in [6.45, 7) is 0.0795. The molecule has 2 N–H and O–H groups in total. The number of alkyl halides is 6. The lowest BCUT2D eigenvalue weighted by atomic mass is 9.95. The van der Waals surface area contributed by atoms with Crippen molar-refractivity contribution in [2.24, 2.45) is 11.7 Å². The Morgan fingerprint density at radius 2 is 1.50 bits per heavy atom. The lowest BCUT2D eigenvalue weighted by Gasteiger charge is -2.28. The predicted molar refractivity (Wildman–Crippen MR) is 44.7 cm³/mol. The molecular formula is C8H13F6NO. The van der Waals surface area contributed by atoms with E-state index in [2.05, 4.69) is 4.74 Å². The van der Waals surface area contributed by atoms with Gasteiger partial charge in [-0.15, -0.1) is 0 Å². The summed E-state index contributed by atoms with van der Waals surface area (Å²) in [5.74, 6) is -3.48. The lowest BCUT2D eigenvalue weighted by Crippen LogP contribution is -2.48. The Balaban J connectivity index is 4.53. The number of ether oxygens (including phenoxy) is 1. The summed E-state index contributed by atoms with van der Waals surface area (Å²) in [6.07, 6.45) is -11.1. The fourth-order valence-corrected chi connectivity index (χ4v) is 1.30. The summed E-state index contributed by atoms with van der Waals surface area (Å²) >= 11 is 0. The minimum Gasteiger partial charge on any atom is -0.385 e. The van der Waals surface area contributed by atoms with Gasteiger partial charge in [0.15, 0.2) is 5.92 Å². The van der Waals surface area contributed by atoms with Crippen molar-refractivity contribution < 1.29 is 31.1 Å². The summed E-state index contributed by atoms with van der Waals surface area (Å²) in [5, 5.41) is 0. The number of halogens is 6. The van der Waals surface area contributed by atoms with Gasteiger partial charge in [0, 0.05) is 19.8 Å². The van der Waals surface area contributed by atoms with Crippen LogP contribution in [-0.2, 0) is 4.74 Å². The van der Waals surface area contributed by atoms with Crippen LogP contribution in [0.1, 0.15) is 12.8 Å². The maximum Gasteiger partial charge on any atom is 0.401 e. The van der Waals surface area contributed by atoms with Crippen molar-refractivity contribution in [3.8, 4) is 0 Å². The normalized spacial score (nSPS) is 15.6. The highest BCUT2D eigenvalue weighted by molar-refractivity contribution is 4.84. The molecule has 0 aliphatic heterocycles. The largest absolute Gasteiger partial charge is 0.401 e. The van der Waals surface area contributed by atoms with E-state index in [1.165, 1.54) is 7.11 Å². The molecule has 0 aromatic rings. The van der Waals surface area contributed by atoms with Crippen LogP contribution in [0.3, 0.4) is 0 Å². The lowest BCUT2D eigenvalue weighted by molar-refractivity contribution is -0.289. The molecule has 0 saturated heterocycles. The summed E-state index contributed by atoms with van der Waals surface area (Å²) in [7, 11) is 1.30. The fourth-order valence-electron chi connectivity index (χ4n) is 1.30. The second-order valence-electron chi connectivity index (χ2n) is 3.36. The molecule has 0 aliphatic rings. The fraction of sp³-hybridized carbons (Fsp3) is 1.00. The van der Waals surface area contributed by atoms with Crippen molar-refractivity contribution in [3.63, 3.8) is 0 Å². The predicted octanol–water partition coefficient (Wildman–Crippen LogP) is 2.48. The average molecular weight is 253 g/mol. The van der Waals surface area contributed by atoms with Gasteiger partial charge in [0.2, 0.25) is 0 Å². The van der Waals surface area contributed by atoms with E-state index in [4.69, 9.17) is 5.73 Å². The molecule has 0 aromatic heterocycles. The number of methoxy groups -OCH3 is 1. The summed E-state index contributed by atoms with van der Waals surface area (Å²) < 4.78 is 77.4. The first kappa shape index (κ1) is 15.5. The number of hydrogen-bond donors (Lipinski definition) is 1. The zero-order chi connectivity index (χ0) is 13.0. The maximum absolute atomic E-state index is 12.1. The molecule has 1 atom stereocenters. The number of hydrogen-bond acceptors (Lipinski definition) is 2. The number of rotatable bonds is 5. The second kappa shape index (κ2) is 5.72. The molecule has 0 radical (unpaired) electrons. The van der Waals surface area contributed by atoms with Crippen LogP contribution in [0.5, 0.6) is 0 Å². The van der Waals surface area contributed by atoms with E-state index in [0.717, 1.165) is 0 Å². The van der Waals surface area contributed by atoms with E-state index in [0.29, 0.717) is 0 Å².